The van der Waals surface area contributed by atoms with Crippen LogP contribution in [0, 0.1) is 11.8 Å². The topological polar surface area (TPSA) is 107 Å². The zero-order valence-corrected chi connectivity index (χ0v) is 19.8. The molecule has 38 heavy (non-hydrogen) atoms. The Balaban J connectivity index is 1.28. The van der Waals surface area contributed by atoms with Crippen LogP contribution in [-0.4, -0.2) is 51.6 Å². The molecule has 3 aromatic carbocycles. The van der Waals surface area contributed by atoms with E-state index in [1.165, 1.54) is 9.58 Å². The third kappa shape index (κ3) is 2.68. The van der Waals surface area contributed by atoms with Gasteiger partial charge in [-0.3, -0.25) is 14.4 Å². The molecule has 0 saturated carbocycles. The Labute approximate surface area is 215 Å². The van der Waals surface area contributed by atoms with Gasteiger partial charge in [0.25, 0.3) is 5.91 Å². The molecule has 186 valence electrons. The highest BCUT2D eigenvalue weighted by atomic mass is 16.7. The number of aromatic nitrogens is 3. The molecule has 4 unspecified atom stereocenters. The van der Waals surface area contributed by atoms with Crippen LogP contribution in [0.25, 0.3) is 17.1 Å². The SMILES string of the molecule is O=C1C2C(C(=O)N1c1ccc3c(c1)OCO3)C(C(=O)n1nnc3ccccc31)N1c3ccccc3C=CC21. The fourth-order valence-electron chi connectivity index (χ4n) is 6.23. The number of carbonyl (C=O) groups is 3. The maximum Gasteiger partial charge on any atom is 0.272 e. The van der Waals surface area contributed by atoms with Gasteiger partial charge in [0.2, 0.25) is 18.6 Å². The first-order valence-corrected chi connectivity index (χ1v) is 12.3. The summed E-state index contributed by atoms with van der Waals surface area (Å²) in [7, 11) is 0. The summed E-state index contributed by atoms with van der Waals surface area (Å²) in [4.78, 5) is 45.4. The first kappa shape index (κ1) is 21.1. The molecule has 10 nitrogen and oxygen atoms in total. The number of imide groups is 1. The van der Waals surface area contributed by atoms with E-state index in [0.717, 1.165) is 11.3 Å². The molecule has 1 aromatic heterocycles. The second kappa shape index (κ2) is 7.51. The quantitative estimate of drug-likeness (QED) is 0.383. The molecule has 4 aromatic rings. The Morgan fingerprint density at radius 3 is 2.61 bits per heavy atom. The summed E-state index contributed by atoms with van der Waals surface area (Å²) in [6, 6.07) is 18.4. The first-order valence-electron chi connectivity index (χ1n) is 12.3. The second-order valence-electron chi connectivity index (χ2n) is 9.69. The van der Waals surface area contributed by atoms with Gasteiger partial charge in [-0.1, -0.05) is 47.7 Å². The summed E-state index contributed by atoms with van der Waals surface area (Å²) in [5.74, 6) is -1.83. The van der Waals surface area contributed by atoms with Crippen LogP contribution in [0.15, 0.2) is 72.8 Å². The van der Waals surface area contributed by atoms with Crippen LogP contribution in [0.3, 0.4) is 0 Å². The van der Waals surface area contributed by atoms with E-state index < -0.39 is 35.7 Å². The lowest BCUT2D eigenvalue weighted by Gasteiger charge is -2.36. The number of ether oxygens (including phenoxy) is 2. The standard InChI is InChI=1S/C28H19N5O5/c34-26-23-20-11-9-15-5-1-3-7-18(15)32(20)25(28(36)33-19-8-4-2-6-17(19)29-30-33)24(23)27(35)31(26)16-10-12-21-22(13-16)38-14-37-21/h1-13,20,23-25H,14H2. The Bertz CT molecular complexity index is 1730. The van der Waals surface area contributed by atoms with E-state index in [2.05, 4.69) is 10.3 Å². The molecule has 8 rings (SSSR count). The molecule has 2 saturated heterocycles. The normalized spacial score (nSPS) is 24.6. The van der Waals surface area contributed by atoms with Crippen LogP contribution in [0.2, 0.25) is 0 Å². The number of anilines is 2. The number of rotatable bonds is 2. The van der Waals surface area contributed by atoms with Crippen molar-refractivity contribution in [3.8, 4) is 11.5 Å². The van der Waals surface area contributed by atoms with Crippen molar-refractivity contribution in [2.75, 3.05) is 16.6 Å². The molecular formula is C28H19N5O5. The number of hydrogen-bond acceptors (Lipinski definition) is 8. The number of para-hydroxylation sites is 2. The molecule has 0 N–H and O–H groups in total. The van der Waals surface area contributed by atoms with Crippen molar-refractivity contribution in [1.29, 1.82) is 0 Å². The summed E-state index contributed by atoms with van der Waals surface area (Å²) in [6.07, 6.45) is 3.87. The van der Waals surface area contributed by atoms with Crippen molar-refractivity contribution >= 4 is 46.2 Å². The van der Waals surface area contributed by atoms with Gasteiger partial charge < -0.3 is 14.4 Å². The molecule has 0 spiro atoms. The lowest BCUT2D eigenvalue weighted by Crippen LogP contribution is -2.50. The molecule has 4 aliphatic rings. The van der Waals surface area contributed by atoms with Gasteiger partial charge in [-0.05, 0) is 35.9 Å². The Kier molecular flexibility index (Phi) is 4.18. The molecule has 4 atom stereocenters. The molecule has 0 radical (unpaired) electrons. The van der Waals surface area contributed by atoms with Gasteiger partial charge >= 0.3 is 0 Å². The van der Waals surface area contributed by atoms with E-state index in [-0.39, 0.29) is 12.7 Å². The molecule has 2 amide bonds. The third-order valence-corrected chi connectivity index (χ3v) is 7.84. The zero-order valence-electron chi connectivity index (χ0n) is 19.8. The Morgan fingerprint density at radius 2 is 1.68 bits per heavy atom. The fourth-order valence-corrected chi connectivity index (χ4v) is 6.23. The molecular weight excluding hydrogens is 486 g/mol. The minimum Gasteiger partial charge on any atom is -0.454 e. The van der Waals surface area contributed by atoms with Crippen molar-refractivity contribution < 1.29 is 23.9 Å². The molecule has 0 aliphatic carbocycles. The first-order chi connectivity index (χ1) is 18.6. The number of benzene rings is 3. The van der Waals surface area contributed by atoms with Crippen molar-refractivity contribution in [2.45, 2.75) is 12.1 Å². The molecule has 5 heterocycles. The van der Waals surface area contributed by atoms with Crippen LogP contribution in [0.5, 0.6) is 11.5 Å². The number of hydrogen-bond donors (Lipinski definition) is 0. The predicted octanol–water partition coefficient (Wildman–Crippen LogP) is 2.89. The van der Waals surface area contributed by atoms with E-state index in [0.29, 0.717) is 28.2 Å². The van der Waals surface area contributed by atoms with Gasteiger partial charge in [-0.2, -0.15) is 4.68 Å². The fraction of sp³-hybridized carbons (Fsp3) is 0.179. The van der Waals surface area contributed by atoms with Crippen LogP contribution < -0.4 is 19.3 Å². The van der Waals surface area contributed by atoms with Gasteiger partial charge in [-0.25, -0.2) is 4.90 Å². The number of fused-ring (bicyclic) bond motifs is 7. The van der Waals surface area contributed by atoms with E-state index in [1.807, 2.05) is 47.4 Å². The second-order valence-corrected chi connectivity index (χ2v) is 9.69. The summed E-state index contributed by atoms with van der Waals surface area (Å²) in [6.45, 7) is 0.0790. The summed E-state index contributed by atoms with van der Waals surface area (Å²) in [5, 5.41) is 8.29. The van der Waals surface area contributed by atoms with Crippen LogP contribution >= 0.6 is 0 Å². The highest BCUT2D eigenvalue weighted by molar-refractivity contribution is 6.25. The molecule has 0 bridgehead atoms. The minimum atomic E-state index is -0.961. The van der Waals surface area contributed by atoms with E-state index in [4.69, 9.17) is 9.47 Å². The van der Waals surface area contributed by atoms with E-state index in [9.17, 15) is 14.4 Å². The van der Waals surface area contributed by atoms with Crippen LogP contribution in [0.1, 0.15) is 10.4 Å². The Morgan fingerprint density at radius 1 is 0.895 bits per heavy atom. The Hall–Kier alpha value is -4.99. The predicted molar refractivity (Wildman–Crippen MR) is 136 cm³/mol. The van der Waals surface area contributed by atoms with Crippen molar-refractivity contribution in [2.24, 2.45) is 11.8 Å². The van der Waals surface area contributed by atoms with E-state index >= 15 is 0 Å². The van der Waals surface area contributed by atoms with Crippen molar-refractivity contribution in [3.63, 3.8) is 0 Å². The van der Waals surface area contributed by atoms with Gasteiger partial charge in [0.05, 0.1) is 29.1 Å². The third-order valence-electron chi connectivity index (χ3n) is 7.84. The van der Waals surface area contributed by atoms with E-state index in [1.54, 1.807) is 36.4 Å². The summed E-state index contributed by atoms with van der Waals surface area (Å²) in [5.41, 5.74) is 3.22. The summed E-state index contributed by atoms with van der Waals surface area (Å²) < 4.78 is 12.1. The minimum absolute atomic E-state index is 0.0790. The van der Waals surface area contributed by atoms with Crippen LogP contribution in [-0.2, 0) is 9.59 Å². The average Bonchev–Trinajstić information content (AvgIpc) is 3.71. The van der Waals surface area contributed by atoms with Crippen molar-refractivity contribution in [1.82, 2.24) is 15.0 Å². The van der Waals surface area contributed by atoms with Gasteiger partial charge in [-0.15, -0.1) is 5.10 Å². The number of amides is 2. The molecule has 2 fully saturated rings. The maximum absolute atomic E-state index is 14.3. The lowest BCUT2D eigenvalue weighted by atomic mass is 9.88. The highest BCUT2D eigenvalue weighted by Gasteiger charge is 2.64. The molecule has 4 aliphatic heterocycles. The monoisotopic (exact) mass is 505 g/mol. The number of carbonyl (C=O) groups excluding carboxylic acids is 3. The van der Waals surface area contributed by atoms with Crippen molar-refractivity contribution in [3.05, 3.63) is 78.4 Å². The molecule has 10 heteroatoms. The van der Waals surface area contributed by atoms with Crippen LogP contribution in [0.4, 0.5) is 11.4 Å². The van der Waals surface area contributed by atoms with Gasteiger partial charge in [0.15, 0.2) is 11.5 Å². The highest BCUT2D eigenvalue weighted by Crippen LogP contribution is 2.50. The number of nitrogens with zero attached hydrogens (tertiary/aromatic N) is 5. The van der Waals surface area contributed by atoms with Gasteiger partial charge in [0, 0.05) is 11.8 Å². The lowest BCUT2D eigenvalue weighted by molar-refractivity contribution is -0.122. The summed E-state index contributed by atoms with van der Waals surface area (Å²) >= 11 is 0. The largest absolute Gasteiger partial charge is 0.454 e. The zero-order chi connectivity index (χ0) is 25.5. The van der Waals surface area contributed by atoms with Gasteiger partial charge in [0.1, 0.15) is 11.6 Å². The smallest absolute Gasteiger partial charge is 0.272 e. The maximum atomic E-state index is 14.3. The average molecular weight is 505 g/mol.